The van der Waals surface area contributed by atoms with Crippen molar-refractivity contribution in [3.63, 3.8) is 0 Å². The molecule has 1 amide bonds. The topological polar surface area (TPSA) is 84.9 Å². The maximum atomic E-state index is 10.9. The lowest BCUT2D eigenvalue weighted by Gasteiger charge is -2.08. The van der Waals surface area contributed by atoms with E-state index in [1.165, 1.54) is 0 Å². The van der Waals surface area contributed by atoms with Gasteiger partial charge in [-0.15, -0.1) is 0 Å². The van der Waals surface area contributed by atoms with Gasteiger partial charge in [0.2, 0.25) is 5.91 Å². The Labute approximate surface area is 102 Å². The number of amides is 1. The zero-order valence-electron chi connectivity index (χ0n) is 10.5. The van der Waals surface area contributed by atoms with E-state index in [1.54, 1.807) is 0 Å². The Hall–Kier alpha value is -0.420. The summed E-state index contributed by atoms with van der Waals surface area (Å²) >= 11 is 0. The highest BCUT2D eigenvalue weighted by molar-refractivity contribution is 7.47. The molecule has 0 aliphatic carbocycles. The van der Waals surface area contributed by atoms with Crippen LogP contribution in [-0.2, 0) is 18.4 Å². The van der Waals surface area contributed by atoms with E-state index in [2.05, 4.69) is 14.4 Å². The van der Waals surface area contributed by atoms with E-state index in [0.717, 1.165) is 26.4 Å². The van der Waals surface area contributed by atoms with E-state index < -0.39 is 7.82 Å². The van der Waals surface area contributed by atoms with Crippen LogP contribution in [0.1, 0.15) is 39.0 Å². The molecule has 0 aliphatic heterocycles. The van der Waals surface area contributed by atoms with E-state index in [4.69, 9.17) is 4.89 Å². The molecule has 0 fully saturated rings. The lowest BCUT2D eigenvalue weighted by Crippen LogP contribution is -2.23. The van der Waals surface area contributed by atoms with Gasteiger partial charge in [0.1, 0.15) is 0 Å². The number of hydrogen-bond donors (Lipinski definition) is 2. The van der Waals surface area contributed by atoms with Crippen molar-refractivity contribution in [2.75, 3.05) is 20.3 Å². The van der Waals surface area contributed by atoms with Gasteiger partial charge in [-0.1, -0.05) is 19.8 Å². The van der Waals surface area contributed by atoms with Crippen LogP contribution >= 0.6 is 7.82 Å². The second-order valence-electron chi connectivity index (χ2n) is 3.60. The molecule has 102 valence electrons. The standard InChI is InChI=1S/C10H22NO5P/c1-3-10(12)11-8-6-4-5-7-9-16-17(13,14)15-2/h3-9H2,1-2H3,(H,11,12)(H,13,14). The van der Waals surface area contributed by atoms with E-state index in [0.29, 0.717) is 19.4 Å². The predicted molar refractivity (Wildman–Crippen MR) is 64.6 cm³/mol. The number of rotatable bonds is 10. The molecule has 0 bridgehead atoms. The number of nitrogens with one attached hydrogen (secondary N) is 1. The maximum Gasteiger partial charge on any atom is 0.471 e. The number of hydrogen-bond acceptors (Lipinski definition) is 4. The van der Waals surface area contributed by atoms with Crippen molar-refractivity contribution in [3.8, 4) is 0 Å². The summed E-state index contributed by atoms with van der Waals surface area (Å²) in [5.41, 5.74) is 0. The first-order valence-electron chi connectivity index (χ1n) is 5.81. The molecular weight excluding hydrogens is 245 g/mol. The smallest absolute Gasteiger partial charge is 0.356 e. The largest absolute Gasteiger partial charge is 0.471 e. The first-order valence-corrected chi connectivity index (χ1v) is 7.31. The van der Waals surface area contributed by atoms with E-state index in [1.807, 2.05) is 6.92 Å². The molecule has 17 heavy (non-hydrogen) atoms. The molecule has 0 saturated carbocycles. The highest BCUT2D eigenvalue weighted by Gasteiger charge is 2.17. The molecular formula is C10H22NO5P. The lowest BCUT2D eigenvalue weighted by molar-refractivity contribution is -0.120. The normalized spacial score (nSPS) is 14.3. The van der Waals surface area contributed by atoms with Gasteiger partial charge in [0.25, 0.3) is 0 Å². The molecule has 1 unspecified atom stereocenters. The molecule has 0 aliphatic rings. The van der Waals surface area contributed by atoms with Gasteiger partial charge in [-0.2, -0.15) is 0 Å². The number of phosphoric acid groups is 1. The van der Waals surface area contributed by atoms with Crippen LogP contribution in [0.5, 0.6) is 0 Å². The number of carbonyl (C=O) groups excluding carboxylic acids is 1. The maximum absolute atomic E-state index is 10.9. The Kier molecular flexibility index (Phi) is 9.36. The minimum absolute atomic E-state index is 0.0645. The van der Waals surface area contributed by atoms with Crippen LogP contribution in [0.3, 0.4) is 0 Å². The van der Waals surface area contributed by atoms with Crippen molar-refractivity contribution in [3.05, 3.63) is 0 Å². The fourth-order valence-electron chi connectivity index (χ4n) is 1.17. The summed E-state index contributed by atoms with van der Waals surface area (Å²) in [6, 6.07) is 0. The van der Waals surface area contributed by atoms with Crippen LogP contribution in [0.15, 0.2) is 0 Å². The van der Waals surface area contributed by atoms with E-state index >= 15 is 0 Å². The summed E-state index contributed by atoms with van der Waals surface area (Å²) in [7, 11) is -2.67. The molecule has 0 aromatic heterocycles. The third-order valence-electron chi connectivity index (χ3n) is 2.20. The van der Waals surface area contributed by atoms with Crippen molar-refractivity contribution in [2.45, 2.75) is 39.0 Å². The SMILES string of the molecule is CCC(=O)NCCCCCCOP(=O)(O)OC. The average Bonchev–Trinajstić information content (AvgIpc) is 2.32. The predicted octanol–water partition coefficient (Wildman–Crippen LogP) is 1.84. The molecule has 7 heteroatoms. The van der Waals surface area contributed by atoms with Gasteiger partial charge in [0.15, 0.2) is 0 Å². The number of carbonyl (C=O) groups is 1. The van der Waals surface area contributed by atoms with Gasteiger partial charge in [0.05, 0.1) is 6.61 Å². The fraction of sp³-hybridized carbons (Fsp3) is 0.900. The first-order chi connectivity index (χ1) is 8.02. The molecule has 2 N–H and O–H groups in total. The Morgan fingerprint density at radius 3 is 2.53 bits per heavy atom. The van der Waals surface area contributed by atoms with Gasteiger partial charge in [0, 0.05) is 20.1 Å². The van der Waals surface area contributed by atoms with Gasteiger partial charge in [-0.25, -0.2) is 4.57 Å². The Morgan fingerprint density at radius 2 is 1.94 bits per heavy atom. The van der Waals surface area contributed by atoms with Gasteiger partial charge in [-0.05, 0) is 12.8 Å². The molecule has 0 spiro atoms. The van der Waals surface area contributed by atoms with Crippen molar-refractivity contribution in [1.29, 1.82) is 0 Å². The Balaban J connectivity index is 3.25. The van der Waals surface area contributed by atoms with Crippen LogP contribution in [0, 0.1) is 0 Å². The first kappa shape index (κ1) is 16.6. The van der Waals surface area contributed by atoms with Gasteiger partial charge < -0.3 is 10.2 Å². The zero-order chi connectivity index (χ0) is 13.1. The second-order valence-corrected chi connectivity index (χ2v) is 5.16. The molecule has 0 aromatic carbocycles. The molecule has 6 nitrogen and oxygen atoms in total. The highest BCUT2D eigenvalue weighted by atomic mass is 31.2. The molecule has 1 atom stereocenters. The summed E-state index contributed by atoms with van der Waals surface area (Å²) < 4.78 is 19.8. The van der Waals surface area contributed by atoms with E-state index in [-0.39, 0.29) is 12.5 Å². The number of unbranched alkanes of at least 4 members (excludes halogenated alkanes) is 3. The van der Waals surface area contributed by atoms with Gasteiger partial charge >= 0.3 is 7.82 Å². The minimum atomic E-state index is -3.81. The third kappa shape index (κ3) is 10.5. The van der Waals surface area contributed by atoms with Crippen molar-refractivity contribution in [2.24, 2.45) is 0 Å². The van der Waals surface area contributed by atoms with E-state index in [9.17, 15) is 9.36 Å². The fourth-order valence-corrected chi connectivity index (χ4v) is 1.63. The van der Waals surface area contributed by atoms with Crippen LogP contribution in [-0.4, -0.2) is 31.1 Å². The number of phosphoric ester groups is 1. The van der Waals surface area contributed by atoms with Crippen LogP contribution in [0.25, 0.3) is 0 Å². The summed E-state index contributed by atoms with van der Waals surface area (Å²) in [6.45, 7) is 2.71. The summed E-state index contributed by atoms with van der Waals surface area (Å²) in [4.78, 5) is 19.8. The van der Waals surface area contributed by atoms with Crippen molar-refractivity contribution >= 4 is 13.7 Å². The third-order valence-corrected chi connectivity index (χ3v) is 3.17. The van der Waals surface area contributed by atoms with Crippen molar-refractivity contribution in [1.82, 2.24) is 5.32 Å². The van der Waals surface area contributed by atoms with Crippen LogP contribution in [0.2, 0.25) is 0 Å². The highest BCUT2D eigenvalue weighted by Crippen LogP contribution is 2.41. The second kappa shape index (κ2) is 9.59. The molecule has 0 radical (unpaired) electrons. The Morgan fingerprint density at radius 1 is 1.29 bits per heavy atom. The summed E-state index contributed by atoms with van der Waals surface area (Å²) in [6.07, 6.45) is 3.97. The lowest BCUT2D eigenvalue weighted by atomic mass is 10.2. The minimum Gasteiger partial charge on any atom is -0.356 e. The van der Waals surface area contributed by atoms with Crippen LogP contribution in [0.4, 0.5) is 0 Å². The summed E-state index contributed by atoms with van der Waals surface area (Å²) in [5.74, 6) is 0.0645. The molecule has 0 saturated heterocycles. The van der Waals surface area contributed by atoms with Crippen molar-refractivity contribution < 1.29 is 23.3 Å². The quantitative estimate of drug-likeness (QED) is 0.466. The zero-order valence-corrected chi connectivity index (χ0v) is 11.4. The van der Waals surface area contributed by atoms with Crippen LogP contribution < -0.4 is 5.32 Å². The van der Waals surface area contributed by atoms with Gasteiger partial charge in [-0.3, -0.25) is 13.8 Å². The summed E-state index contributed by atoms with van der Waals surface area (Å²) in [5, 5.41) is 2.78. The molecule has 0 rings (SSSR count). The Bertz CT molecular complexity index is 259. The monoisotopic (exact) mass is 267 g/mol. The molecule has 0 heterocycles. The average molecular weight is 267 g/mol. The molecule has 0 aromatic rings.